The monoisotopic (exact) mass is 328 g/mol. The van der Waals surface area contributed by atoms with E-state index in [9.17, 15) is 4.79 Å². The summed E-state index contributed by atoms with van der Waals surface area (Å²) >= 11 is 2.21. The first-order chi connectivity index (χ1) is 7.70. The minimum Gasteiger partial charge on any atom is -0.490 e. The molecule has 0 aromatic heterocycles. The SMILES string of the molecule is Cc1cccc(C(=O)C2=CCCCO2)c1I. The fourth-order valence-electron chi connectivity index (χ4n) is 1.67. The van der Waals surface area contributed by atoms with Crippen LogP contribution in [0.15, 0.2) is 30.0 Å². The molecule has 2 rings (SSSR count). The Bertz CT molecular complexity index is 449. The summed E-state index contributed by atoms with van der Waals surface area (Å²) in [6.07, 6.45) is 3.83. The van der Waals surface area contributed by atoms with Crippen molar-refractivity contribution in [3.8, 4) is 0 Å². The predicted molar refractivity (Wildman–Crippen MR) is 71.5 cm³/mol. The van der Waals surface area contributed by atoms with E-state index in [1.165, 1.54) is 0 Å². The number of ether oxygens (including phenoxy) is 1. The first kappa shape index (κ1) is 11.6. The summed E-state index contributed by atoms with van der Waals surface area (Å²) in [7, 11) is 0. The largest absolute Gasteiger partial charge is 0.490 e. The van der Waals surface area contributed by atoms with Gasteiger partial charge in [-0.05, 0) is 60.1 Å². The van der Waals surface area contributed by atoms with Crippen LogP contribution in [0.25, 0.3) is 0 Å². The number of Topliss-reactive ketones (excluding diaryl/α,β-unsaturated/α-hetero) is 1. The third-order valence-corrected chi connectivity index (χ3v) is 4.03. The van der Waals surface area contributed by atoms with E-state index in [1.54, 1.807) is 0 Å². The van der Waals surface area contributed by atoms with Crippen LogP contribution in [0.5, 0.6) is 0 Å². The zero-order valence-electron chi connectivity index (χ0n) is 9.13. The van der Waals surface area contributed by atoms with Crippen molar-refractivity contribution < 1.29 is 9.53 Å². The molecule has 0 fully saturated rings. The molecule has 1 aromatic rings. The maximum Gasteiger partial charge on any atom is 0.228 e. The van der Waals surface area contributed by atoms with Crippen LogP contribution in [0.4, 0.5) is 0 Å². The molecule has 0 radical (unpaired) electrons. The highest BCUT2D eigenvalue weighted by Crippen LogP contribution is 2.22. The van der Waals surface area contributed by atoms with E-state index >= 15 is 0 Å². The van der Waals surface area contributed by atoms with E-state index < -0.39 is 0 Å². The first-order valence-electron chi connectivity index (χ1n) is 5.33. The Kier molecular flexibility index (Phi) is 3.63. The second-order valence-electron chi connectivity index (χ2n) is 3.82. The molecule has 1 aliphatic rings. The van der Waals surface area contributed by atoms with Crippen molar-refractivity contribution in [2.75, 3.05) is 6.61 Å². The van der Waals surface area contributed by atoms with Crippen LogP contribution in [0.2, 0.25) is 0 Å². The maximum atomic E-state index is 12.2. The van der Waals surface area contributed by atoms with Crippen LogP contribution in [0.1, 0.15) is 28.8 Å². The lowest BCUT2D eigenvalue weighted by Gasteiger charge is -2.14. The molecule has 0 saturated carbocycles. The fourth-order valence-corrected chi connectivity index (χ4v) is 2.28. The fraction of sp³-hybridized carbons (Fsp3) is 0.308. The minimum atomic E-state index is 0.00722. The van der Waals surface area contributed by atoms with Crippen molar-refractivity contribution in [3.63, 3.8) is 0 Å². The highest BCUT2D eigenvalue weighted by Gasteiger charge is 2.18. The molecule has 1 aliphatic heterocycles. The van der Waals surface area contributed by atoms with E-state index in [0.717, 1.165) is 27.5 Å². The van der Waals surface area contributed by atoms with Gasteiger partial charge in [0.1, 0.15) is 0 Å². The van der Waals surface area contributed by atoms with Gasteiger partial charge >= 0.3 is 0 Å². The molecule has 2 nitrogen and oxygen atoms in total. The van der Waals surface area contributed by atoms with Crippen LogP contribution >= 0.6 is 22.6 Å². The van der Waals surface area contributed by atoms with E-state index in [2.05, 4.69) is 22.6 Å². The first-order valence-corrected chi connectivity index (χ1v) is 6.41. The number of ketones is 1. The molecule has 0 bridgehead atoms. The molecule has 0 saturated heterocycles. The Balaban J connectivity index is 2.33. The van der Waals surface area contributed by atoms with Crippen LogP contribution in [0.3, 0.4) is 0 Å². The zero-order chi connectivity index (χ0) is 11.5. The van der Waals surface area contributed by atoms with E-state index in [4.69, 9.17) is 4.74 Å². The molecule has 0 amide bonds. The number of rotatable bonds is 2. The third kappa shape index (κ3) is 2.29. The average molecular weight is 328 g/mol. The topological polar surface area (TPSA) is 26.3 Å². The quantitative estimate of drug-likeness (QED) is 0.614. The van der Waals surface area contributed by atoms with Crippen LogP contribution in [0, 0.1) is 10.5 Å². The van der Waals surface area contributed by atoms with Gasteiger partial charge in [0, 0.05) is 9.13 Å². The predicted octanol–water partition coefficient (Wildman–Crippen LogP) is 3.48. The molecular formula is C13H13IO2. The van der Waals surface area contributed by atoms with Gasteiger partial charge in [0.25, 0.3) is 0 Å². The van der Waals surface area contributed by atoms with Crippen molar-refractivity contribution in [1.82, 2.24) is 0 Å². The Hall–Kier alpha value is -0.840. The third-order valence-electron chi connectivity index (χ3n) is 2.60. The van der Waals surface area contributed by atoms with Crippen molar-refractivity contribution in [2.24, 2.45) is 0 Å². The van der Waals surface area contributed by atoms with Gasteiger partial charge in [0.05, 0.1) is 6.61 Å². The summed E-state index contributed by atoms with van der Waals surface area (Å²) < 4.78 is 6.41. The van der Waals surface area contributed by atoms with Gasteiger partial charge in [-0.15, -0.1) is 0 Å². The van der Waals surface area contributed by atoms with Gasteiger partial charge in [-0.25, -0.2) is 0 Å². The molecule has 0 unspecified atom stereocenters. The van der Waals surface area contributed by atoms with E-state index in [0.29, 0.717) is 12.4 Å². The Labute approximate surface area is 109 Å². The standard InChI is InChI=1S/C13H13IO2/c1-9-5-4-6-10(12(9)14)13(15)11-7-2-3-8-16-11/h4-7H,2-3,8H2,1H3. The van der Waals surface area contributed by atoms with E-state index in [-0.39, 0.29) is 5.78 Å². The highest BCUT2D eigenvalue weighted by atomic mass is 127. The van der Waals surface area contributed by atoms with Gasteiger partial charge in [-0.2, -0.15) is 0 Å². The summed E-state index contributed by atoms with van der Waals surface area (Å²) in [6.45, 7) is 2.66. The summed E-state index contributed by atoms with van der Waals surface area (Å²) in [4.78, 5) is 12.2. The van der Waals surface area contributed by atoms with Gasteiger partial charge in [0.15, 0.2) is 5.76 Å². The Morgan fingerprint density at radius 1 is 1.44 bits per heavy atom. The summed E-state index contributed by atoms with van der Waals surface area (Å²) in [5.41, 5.74) is 1.87. The number of carbonyl (C=O) groups excluding carboxylic acids is 1. The second kappa shape index (κ2) is 4.99. The van der Waals surface area contributed by atoms with Crippen molar-refractivity contribution in [2.45, 2.75) is 19.8 Å². The highest BCUT2D eigenvalue weighted by molar-refractivity contribution is 14.1. The number of hydrogen-bond acceptors (Lipinski definition) is 2. The number of benzene rings is 1. The van der Waals surface area contributed by atoms with Gasteiger partial charge < -0.3 is 4.74 Å². The zero-order valence-corrected chi connectivity index (χ0v) is 11.3. The molecule has 16 heavy (non-hydrogen) atoms. The van der Waals surface area contributed by atoms with Crippen molar-refractivity contribution in [1.29, 1.82) is 0 Å². The maximum absolute atomic E-state index is 12.2. The molecule has 1 aromatic carbocycles. The molecular weight excluding hydrogens is 315 g/mol. The molecule has 1 heterocycles. The molecule has 3 heteroatoms. The summed E-state index contributed by atoms with van der Waals surface area (Å²) in [6, 6.07) is 5.78. The Morgan fingerprint density at radius 2 is 2.25 bits per heavy atom. The molecule has 0 N–H and O–H groups in total. The average Bonchev–Trinajstić information content (AvgIpc) is 2.33. The number of allylic oxidation sites excluding steroid dienone is 2. The van der Waals surface area contributed by atoms with Gasteiger partial charge in [-0.1, -0.05) is 12.1 Å². The minimum absolute atomic E-state index is 0.00722. The van der Waals surface area contributed by atoms with Gasteiger partial charge in [0.2, 0.25) is 5.78 Å². The van der Waals surface area contributed by atoms with Crippen LogP contribution in [-0.2, 0) is 4.74 Å². The normalized spacial score (nSPS) is 15.2. The van der Waals surface area contributed by atoms with Crippen molar-refractivity contribution in [3.05, 3.63) is 44.7 Å². The molecule has 0 aliphatic carbocycles. The summed E-state index contributed by atoms with van der Waals surface area (Å²) in [5.74, 6) is 0.516. The van der Waals surface area contributed by atoms with E-state index in [1.807, 2.05) is 31.2 Å². The lowest BCUT2D eigenvalue weighted by molar-refractivity contribution is 0.0898. The van der Waals surface area contributed by atoms with Crippen LogP contribution in [-0.4, -0.2) is 12.4 Å². The Morgan fingerprint density at radius 3 is 2.94 bits per heavy atom. The smallest absolute Gasteiger partial charge is 0.228 e. The van der Waals surface area contributed by atoms with Crippen LogP contribution < -0.4 is 0 Å². The lowest BCUT2D eigenvalue weighted by Crippen LogP contribution is -2.12. The molecule has 0 atom stereocenters. The second-order valence-corrected chi connectivity index (χ2v) is 4.90. The summed E-state index contributed by atoms with van der Waals surface area (Å²) in [5, 5.41) is 0. The van der Waals surface area contributed by atoms with Crippen molar-refractivity contribution >= 4 is 28.4 Å². The molecule has 0 spiro atoms. The number of aryl methyl sites for hydroxylation is 1. The van der Waals surface area contributed by atoms with Gasteiger partial charge in [-0.3, -0.25) is 4.79 Å². The molecule has 84 valence electrons. The number of carbonyl (C=O) groups is 1. The number of hydrogen-bond donors (Lipinski definition) is 0. The lowest BCUT2D eigenvalue weighted by atomic mass is 10.1. The number of halogens is 1.